The lowest BCUT2D eigenvalue weighted by Gasteiger charge is -2.08. The minimum Gasteiger partial charge on any atom is -0.496 e. The summed E-state index contributed by atoms with van der Waals surface area (Å²) in [6.45, 7) is 3.99. The van der Waals surface area contributed by atoms with E-state index in [0.29, 0.717) is 5.56 Å². The van der Waals surface area contributed by atoms with Gasteiger partial charge in [-0.25, -0.2) is 9.59 Å². The lowest BCUT2D eigenvalue weighted by atomic mass is 10.1. The molecule has 2 aromatic rings. The van der Waals surface area contributed by atoms with Crippen LogP contribution < -0.4 is 9.47 Å². The fourth-order valence-electron chi connectivity index (χ4n) is 2.39. The van der Waals surface area contributed by atoms with Crippen molar-refractivity contribution in [3.8, 4) is 11.5 Å². The van der Waals surface area contributed by atoms with Gasteiger partial charge in [-0.3, -0.25) is 9.59 Å². The molecule has 0 atom stereocenters. The van der Waals surface area contributed by atoms with Crippen molar-refractivity contribution in [3.63, 3.8) is 0 Å². The molecule has 0 fully saturated rings. The van der Waals surface area contributed by atoms with Gasteiger partial charge in [-0.2, -0.15) is 0 Å². The summed E-state index contributed by atoms with van der Waals surface area (Å²) in [5.74, 6) is -0.433. The Morgan fingerprint density at radius 1 is 0.688 bits per heavy atom. The molecule has 2 rings (SSSR count). The molecule has 0 bridgehead atoms. The Morgan fingerprint density at radius 2 is 1.16 bits per heavy atom. The van der Waals surface area contributed by atoms with Crippen LogP contribution in [-0.4, -0.2) is 49.9 Å². The zero-order valence-corrected chi connectivity index (χ0v) is 19.4. The Labute approximate surface area is 195 Å². The van der Waals surface area contributed by atoms with Gasteiger partial charge in [0.15, 0.2) is 0 Å². The molecule has 0 aliphatic heterocycles. The smallest absolute Gasteiger partial charge is 0.341 e. The minimum atomic E-state index is -0.632. The maximum Gasteiger partial charge on any atom is 0.341 e. The second-order valence-corrected chi connectivity index (χ2v) is 6.51. The monoisotopic (exact) mass is 484 g/mol. The summed E-state index contributed by atoms with van der Waals surface area (Å²) in [6.07, 6.45) is 0. The summed E-state index contributed by atoms with van der Waals surface area (Å²) in [6, 6.07) is 8.63. The SMILES string of the molecule is CCOC(=O)c1ccc(C(=O)Cl)c(OC)c1.CCOC(=O)c1ccc(C(=O)Cl)cc1OC. The highest BCUT2D eigenvalue weighted by molar-refractivity contribution is 6.68. The third kappa shape index (κ3) is 7.55. The molecule has 0 N–H and O–H groups in total. The molecule has 0 aliphatic carbocycles. The first-order valence-corrected chi connectivity index (χ1v) is 10.1. The van der Waals surface area contributed by atoms with Crippen LogP contribution >= 0.6 is 23.2 Å². The molecular formula is C22H22Cl2O8. The van der Waals surface area contributed by atoms with Crippen molar-refractivity contribution in [2.24, 2.45) is 0 Å². The van der Waals surface area contributed by atoms with Gasteiger partial charge in [0, 0.05) is 5.56 Å². The van der Waals surface area contributed by atoms with Crippen LogP contribution in [0.5, 0.6) is 11.5 Å². The van der Waals surface area contributed by atoms with E-state index < -0.39 is 22.4 Å². The third-order valence-corrected chi connectivity index (χ3v) is 4.27. The van der Waals surface area contributed by atoms with Gasteiger partial charge in [-0.05, 0) is 73.4 Å². The van der Waals surface area contributed by atoms with E-state index in [1.54, 1.807) is 13.8 Å². The summed E-state index contributed by atoms with van der Waals surface area (Å²) in [4.78, 5) is 44.8. The van der Waals surface area contributed by atoms with Crippen LogP contribution in [0.3, 0.4) is 0 Å². The molecule has 172 valence electrons. The summed E-state index contributed by atoms with van der Waals surface area (Å²) in [5.41, 5.74) is 1.08. The number of esters is 2. The third-order valence-electron chi connectivity index (χ3n) is 3.85. The van der Waals surface area contributed by atoms with Crippen molar-refractivity contribution >= 4 is 45.6 Å². The number of hydrogen-bond donors (Lipinski definition) is 0. The number of ether oxygens (including phenoxy) is 4. The predicted octanol–water partition coefficient (Wildman–Crippen LogP) is 4.50. The number of methoxy groups -OCH3 is 2. The second kappa shape index (κ2) is 13.3. The van der Waals surface area contributed by atoms with Crippen molar-refractivity contribution in [2.45, 2.75) is 13.8 Å². The molecule has 0 spiro atoms. The van der Waals surface area contributed by atoms with Crippen molar-refractivity contribution in [1.82, 2.24) is 0 Å². The molecule has 32 heavy (non-hydrogen) atoms. The van der Waals surface area contributed by atoms with Crippen LogP contribution in [0.2, 0.25) is 0 Å². The molecule has 0 saturated carbocycles. The van der Waals surface area contributed by atoms with Gasteiger partial charge in [0.05, 0.1) is 38.6 Å². The molecule has 0 radical (unpaired) electrons. The van der Waals surface area contributed by atoms with Gasteiger partial charge in [0.25, 0.3) is 10.5 Å². The van der Waals surface area contributed by atoms with Crippen LogP contribution in [0.1, 0.15) is 55.3 Å². The Kier molecular flexibility index (Phi) is 11.2. The maximum atomic E-state index is 11.5. The lowest BCUT2D eigenvalue weighted by Crippen LogP contribution is -2.07. The van der Waals surface area contributed by atoms with E-state index in [2.05, 4.69) is 0 Å². The number of carbonyl (C=O) groups is 4. The largest absolute Gasteiger partial charge is 0.496 e. The first-order chi connectivity index (χ1) is 15.2. The van der Waals surface area contributed by atoms with Crippen LogP contribution in [0.4, 0.5) is 0 Å². The highest BCUT2D eigenvalue weighted by Gasteiger charge is 2.16. The van der Waals surface area contributed by atoms with Crippen LogP contribution in [-0.2, 0) is 9.47 Å². The van der Waals surface area contributed by atoms with E-state index in [0.717, 1.165) is 0 Å². The van der Waals surface area contributed by atoms with Gasteiger partial charge in [-0.15, -0.1) is 0 Å². The van der Waals surface area contributed by atoms with Crippen LogP contribution in [0, 0.1) is 0 Å². The number of benzene rings is 2. The molecule has 10 heteroatoms. The number of halogens is 2. The van der Waals surface area contributed by atoms with Gasteiger partial charge in [0.2, 0.25) is 0 Å². The number of hydrogen-bond acceptors (Lipinski definition) is 8. The van der Waals surface area contributed by atoms with Crippen molar-refractivity contribution in [1.29, 1.82) is 0 Å². The van der Waals surface area contributed by atoms with Crippen LogP contribution in [0.25, 0.3) is 0 Å². The number of rotatable bonds is 8. The average Bonchev–Trinajstić information content (AvgIpc) is 2.78. The predicted molar refractivity (Wildman–Crippen MR) is 118 cm³/mol. The topological polar surface area (TPSA) is 105 Å². The molecule has 0 heterocycles. The van der Waals surface area contributed by atoms with Gasteiger partial charge >= 0.3 is 11.9 Å². The summed E-state index contributed by atoms with van der Waals surface area (Å²) in [5, 5.41) is -1.24. The summed E-state index contributed by atoms with van der Waals surface area (Å²) >= 11 is 10.7. The highest BCUT2D eigenvalue weighted by atomic mass is 35.5. The molecule has 0 saturated heterocycles. The molecule has 0 amide bonds. The summed E-state index contributed by atoms with van der Waals surface area (Å²) in [7, 11) is 2.80. The van der Waals surface area contributed by atoms with Crippen molar-refractivity contribution in [2.75, 3.05) is 27.4 Å². The van der Waals surface area contributed by atoms with E-state index in [4.69, 9.17) is 42.1 Å². The Balaban J connectivity index is 0.000000320. The van der Waals surface area contributed by atoms with E-state index in [9.17, 15) is 19.2 Å². The Bertz CT molecular complexity index is 988. The standard InChI is InChI=1S/2C11H11ClO4/c1-3-16-11(14)7-4-5-8(10(12)13)9(6-7)15-2;1-3-16-11(14)8-5-4-7(10(12)13)6-9(8)15-2/h2*4-6H,3H2,1-2H3. The molecule has 0 aromatic heterocycles. The van der Waals surface area contributed by atoms with E-state index in [1.807, 2.05) is 0 Å². The minimum absolute atomic E-state index is 0.220. The highest BCUT2D eigenvalue weighted by Crippen LogP contribution is 2.23. The fraction of sp³-hybridized carbons (Fsp3) is 0.273. The Morgan fingerprint density at radius 3 is 1.66 bits per heavy atom. The van der Waals surface area contributed by atoms with Gasteiger partial charge in [-0.1, -0.05) is 0 Å². The first-order valence-electron chi connectivity index (χ1n) is 9.30. The zero-order chi connectivity index (χ0) is 24.3. The molecular weight excluding hydrogens is 463 g/mol. The molecule has 8 nitrogen and oxygen atoms in total. The molecule has 0 unspecified atom stereocenters. The first kappa shape index (κ1) is 26.9. The Hall–Kier alpha value is -3.10. The molecule has 2 aromatic carbocycles. The maximum absolute atomic E-state index is 11.5. The van der Waals surface area contributed by atoms with Crippen molar-refractivity contribution < 1.29 is 38.1 Å². The fourth-order valence-corrected chi connectivity index (χ4v) is 2.66. The molecule has 0 aliphatic rings. The average molecular weight is 485 g/mol. The van der Waals surface area contributed by atoms with E-state index >= 15 is 0 Å². The normalized spacial score (nSPS) is 9.69. The zero-order valence-electron chi connectivity index (χ0n) is 17.9. The quantitative estimate of drug-likeness (QED) is 0.398. The van der Waals surface area contributed by atoms with Gasteiger partial charge < -0.3 is 18.9 Å². The number of carbonyl (C=O) groups excluding carboxylic acids is 4. The summed E-state index contributed by atoms with van der Waals surface area (Å²) < 4.78 is 19.6. The van der Waals surface area contributed by atoms with Crippen LogP contribution in [0.15, 0.2) is 36.4 Å². The van der Waals surface area contributed by atoms with Gasteiger partial charge in [0.1, 0.15) is 17.1 Å². The van der Waals surface area contributed by atoms with E-state index in [1.165, 1.54) is 50.6 Å². The second-order valence-electron chi connectivity index (χ2n) is 5.82. The lowest BCUT2D eigenvalue weighted by molar-refractivity contribution is 0.0514. The van der Waals surface area contributed by atoms with E-state index in [-0.39, 0.29) is 41.4 Å². The van der Waals surface area contributed by atoms with Crippen molar-refractivity contribution in [3.05, 3.63) is 58.7 Å².